The number of anilines is 1. The number of fused-ring (bicyclic) bond motifs is 1. The Morgan fingerprint density at radius 1 is 1.61 bits per heavy atom. The number of amides is 1. The van der Waals surface area contributed by atoms with E-state index in [0.29, 0.717) is 25.9 Å². The van der Waals surface area contributed by atoms with Crippen molar-refractivity contribution in [3.63, 3.8) is 0 Å². The summed E-state index contributed by atoms with van der Waals surface area (Å²) < 4.78 is 5.26. The second kappa shape index (κ2) is 4.21. The molecule has 0 bridgehead atoms. The Hall–Kier alpha value is -2.24. The molecule has 0 saturated carbocycles. The zero-order chi connectivity index (χ0) is 12.5. The number of hydrogen-bond acceptors (Lipinski definition) is 4. The molecule has 3 rings (SSSR count). The van der Waals surface area contributed by atoms with Gasteiger partial charge in [0.25, 0.3) is 6.01 Å². The fraction of sp³-hybridized carbons (Fsp3) is 0.333. The monoisotopic (exact) mass is 246 g/mol. The van der Waals surface area contributed by atoms with Crippen molar-refractivity contribution in [1.82, 2.24) is 14.9 Å². The Morgan fingerprint density at radius 3 is 3.28 bits per heavy atom. The number of oxazole rings is 1. The van der Waals surface area contributed by atoms with E-state index in [2.05, 4.69) is 9.97 Å². The second-order valence-electron chi connectivity index (χ2n) is 4.36. The highest BCUT2D eigenvalue weighted by Crippen LogP contribution is 2.21. The molecule has 0 spiro atoms. The van der Waals surface area contributed by atoms with Crippen LogP contribution in [0.3, 0.4) is 0 Å². The predicted octanol–water partition coefficient (Wildman–Crippen LogP) is 0.712. The van der Waals surface area contributed by atoms with Crippen molar-refractivity contribution in [2.24, 2.45) is 0 Å². The van der Waals surface area contributed by atoms with E-state index in [0.717, 1.165) is 17.1 Å². The van der Waals surface area contributed by atoms with Gasteiger partial charge >= 0.3 is 0 Å². The smallest absolute Gasteiger partial charge is 0.292 e. The fourth-order valence-electron chi connectivity index (χ4n) is 2.18. The Kier molecular flexibility index (Phi) is 2.55. The van der Waals surface area contributed by atoms with Gasteiger partial charge < -0.3 is 20.0 Å². The third-order valence-electron chi connectivity index (χ3n) is 3.10. The maximum atomic E-state index is 12.1. The molecule has 0 radical (unpaired) electrons. The summed E-state index contributed by atoms with van der Waals surface area (Å²) in [5, 5.41) is 0. The fourth-order valence-corrected chi connectivity index (χ4v) is 2.18. The number of nitrogens with two attached hydrogens (primary N) is 1. The highest BCUT2D eigenvalue weighted by atomic mass is 16.4. The lowest BCUT2D eigenvalue weighted by Crippen LogP contribution is -2.36. The molecular weight excluding hydrogens is 232 g/mol. The summed E-state index contributed by atoms with van der Waals surface area (Å²) in [6, 6.07) is 3.97. The molecule has 3 N–H and O–H groups in total. The van der Waals surface area contributed by atoms with E-state index < -0.39 is 0 Å². The lowest BCUT2D eigenvalue weighted by molar-refractivity contribution is -0.131. The first-order chi connectivity index (χ1) is 8.72. The van der Waals surface area contributed by atoms with Gasteiger partial charge in [-0.3, -0.25) is 4.79 Å². The first kappa shape index (κ1) is 10.9. The molecule has 6 heteroatoms. The third kappa shape index (κ3) is 1.97. The van der Waals surface area contributed by atoms with Crippen LogP contribution in [-0.2, 0) is 24.2 Å². The number of nitrogens with zero attached hydrogens (tertiary/aromatic N) is 2. The van der Waals surface area contributed by atoms with Crippen LogP contribution in [0.4, 0.5) is 6.01 Å². The minimum Gasteiger partial charge on any atom is -0.428 e. The number of hydrogen-bond donors (Lipinski definition) is 2. The molecule has 18 heavy (non-hydrogen) atoms. The van der Waals surface area contributed by atoms with Crippen molar-refractivity contribution in [3.8, 4) is 0 Å². The average molecular weight is 246 g/mol. The van der Waals surface area contributed by atoms with Gasteiger partial charge in [0.05, 0.1) is 13.0 Å². The lowest BCUT2D eigenvalue weighted by atomic mass is 10.1. The van der Waals surface area contributed by atoms with E-state index in [1.165, 1.54) is 0 Å². The van der Waals surface area contributed by atoms with Gasteiger partial charge in [0, 0.05) is 24.9 Å². The molecule has 94 valence electrons. The lowest BCUT2D eigenvalue weighted by Gasteiger charge is -2.25. The predicted molar refractivity (Wildman–Crippen MR) is 64.5 cm³/mol. The SMILES string of the molecule is Nc1nc2c(o1)CCN(C(=O)Cc1ccc[nH]1)C2. The Balaban J connectivity index is 1.70. The molecule has 0 aromatic carbocycles. The molecule has 2 aromatic heterocycles. The maximum Gasteiger partial charge on any atom is 0.292 e. The largest absolute Gasteiger partial charge is 0.428 e. The van der Waals surface area contributed by atoms with Crippen molar-refractivity contribution in [1.29, 1.82) is 0 Å². The first-order valence-corrected chi connectivity index (χ1v) is 5.86. The van der Waals surface area contributed by atoms with Crippen LogP contribution >= 0.6 is 0 Å². The summed E-state index contributed by atoms with van der Waals surface area (Å²) in [5.74, 6) is 0.890. The first-order valence-electron chi connectivity index (χ1n) is 5.86. The summed E-state index contributed by atoms with van der Waals surface area (Å²) in [7, 11) is 0. The molecule has 1 amide bonds. The van der Waals surface area contributed by atoms with Crippen molar-refractivity contribution in [3.05, 3.63) is 35.5 Å². The van der Waals surface area contributed by atoms with Crippen molar-refractivity contribution in [2.45, 2.75) is 19.4 Å². The highest BCUT2D eigenvalue weighted by Gasteiger charge is 2.24. The minimum atomic E-state index is 0.0877. The molecule has 0 saturated heterocycles. The third-order valence-corrected chi connectivity index (χ3v) is 3.10. The molecule has 3 heterocycles. The molecule has 0 atom stereocenters. The van der Waals surface area contributed by atoms with Crippen LogP contribution in [-0.4, -0.2) is 27.3 Å². The van der Waals surface area contributed by atoms with Crippen molar-refractivity contribution >= 4 is 11.9 Å². The van der Waals surface area contributed by atoms with Gasteiger partial charge in [0.2, 0.25) is 5.91 Å². The number of aromatic amines is 1. The molecule has 1 aliphatic heterocycles. The van der Waals surface area contributed by atoms with Gasteiger partial charge in [-0.1, -0.05) is 0 Å². The van der Waals surface area contributed by atoms with Gasteiger partial charge in [0.15, 0.2) is 0 Å². The van der Waals surface area contributed by atoms with Gasteiger partial charge in [-0.05, 0) is 12.1 Å². The van der Waals surface area contributed by atoms with E-state index in [-0.39, 0.29) is 11.9 Å². The number of carbonyl (C=O) groups excluding carboxylic acids is 1. The van der Waals surface area contributed by atoms with Crippen LogP contribution in [0, 0.1) is 0 Å². The van der Waals surface area contributed by atoms with E-state index in [4.69, 9.17) is 10.2 Å². The Bertz CT molecular complexity index is 559. The molecule has 2 aromatic rings. The van der Waals surface area contributed by atoms with E-state index in [9.17, 15) is 4.79 Å². The number of nitrogen functional groups attached to an aromatic ring is 1. The Morgan fingerprint density at radius 2 is 2.50 bits per heavy atom. The van der Waals surface area contributed by atoms with E-state index >= 15 is 0 Å². The molecule has 6 nitrogen and oxygen atoms in total. The van der Waals surface area contributed by atoms with Gasteiger partial charge in [0.1, 0.15) is 11.5 Å². The van der Waals surface area contributed by atoms with Gasteiger partial charge in [-0.2, -0.15) is 4.98 Å². The molecule has 0 fully saturated rings. The quantitative estimate of drug-likeness (QED) is 0.817. The topological polar surface area (TPSA) is 88.2 Å². The average Bonchev–Trinajstić information content (AvgIpc) is 2.95. The maximum absolute atomic E-state index is 12.1. The number of rotatable bonds is 2. The van der Waals surface area contributed by atoms with E-state index in [1.807, 2.05) is 18.3 Å². The summed E-state index contributed by atoms with van der Waals surface area (Å²) in [6.45, 7) is 1.14. The minimum absolute atomic E-state index is 0.0877. The van der Waals surface area contributed by atoms with Gasteiger partial charge in [-0.25, -0.2) is 0 Å². The molecule has 0 unspecified atom stereocenters. The number of H-pyrrole nitrogens is 1. The van der Waals surface area contributed by atoms with Crippen LogP contribution in [0.2, 0.25) is 0 Å². The number of carbonyl (C=O) groups is 1. The standard InChI is InChI=1S/C12H14N4O2/c13-12-15-9-7-16(5-3-10(9)18-12)11(17)6-8-2-1-4-14-8/h1-2,4,14H,3,5-7H2,(H2,13,15). The zero-order valence-electron chi connectivity index (χ0n) is 9.85. The van der Waals surface area contributed by atoms with Crippen molar-refractivity contribution in [2.75, 3.05) is 12.3 Å². The highest BCUT2D eigenvalue weighted by molar-refractivity contribution is 5.78. The molecule has 0 aliphatic carbocycles. The van der Waals surface area contributed by atoms with Crippen LogP contribution < -0.4 is 5.73 Å². The molecular formula is C12H14N4O2. The summed E-state index contributed by atoms with van der Waals surface area (Å²) in [5.41, 5.74) is 7.20. The number of nitrogens with one attached hydrogen (secondary N) is 1. The van der Waals surface area contributed by atoms with Crippen LogP contribution in [0.5, 0.6) is 0 Å². The zero-order valence-corrected chi connectivity index (χ0v) is 9.85. The summed E-state index contributed by atoms with van der Waals surface area (Å²) in [4.78, 5) is 21.0. The van der Waals surface area contributed by atoms with E-state index in [1.54, 1.807) is 4.90 Å². The summed E-state index contributed by atoms with van der Waals surface area (Å²) >= 11 is 0. The van der Waals surface area contributed by atoms with Crippen LogP contribution in [0.25, 0.3) is 0 Å². The van der Waals surface area contributed by atoms with Gasteiger partial charge in [-0.15, -0.1) is 0 Å². The Labute approximate surface area is 104 Å². The van der Waals surface area contributed by atoms with Crippen LogP contribution in [0.15, 0.2) is 22.7 Å². The second-order valence-corrected chi connectivity index (χ2v) is 4.36. The van der Waals surface area contributed by atoms with Crippen molar-refractivity contribution < 1.29 is 9.21 Å². The normalized spacial score (nSPS) is 14.6. The summed E-state index contributed by atoms with van der Waals surface area (Å²) in [6.07, 6.45) is 2.88. The molecule has 1 aliphatic rings. The number of aromatic nitrogens is 2. The van der Waals surface area contributed by atoms with Crippen LogP contribution in [0.1, 0.15) is 17.1 Å².